The first-order valence-corrected chi connectivity index (χ1v) is 7.28. The second-order valence-corrected chi connectivity index (χ2v) is 5.03. The Balaban J connectivity index is 2.12. The molecule has 0 spiro atoms. The molecule has 2 rings (SSSR count). The van der Waals surface area contributed by atoms with Crippen molar-refractivity contribution < 1.29 is 9.53 Å². The quantitative estimate of drug-likeness (QED) is 0.672. The summed E-state index contributed by atoms with van der Waals surface area (Å²) in [6.07, 6.45) is 0.684. The van der Waals surface area contributed by atoms with Crippen molar-refractivity contribution in [2.75, 3.05) is 7.11 Å². The Labute approximate surface area is 134 Å². The Hall–Kier alpha value is -2.33. The molecule has 0 aromatic heterocycles. The summed E-state index contributed by atoms with van der Waals surface area (Å²) in [5, 5.41) is 4.84. The average molecular weight is 317 g/mol. The number of nitrogens with zero attached hydrogens (tertiary/aromatic N) is 1. The highest BCUT2D eigenvalue weighted by atomic mass is 35.5. The maximum Gasteiger partial charge on any atom is 0.271 e. The monoisotopic (exact) mass is 316 g/mol. The number of amides is 1. The van der Waals surface area contributed by atoms with Gasteiger partial charge in [-0.1, -0.05) is 30.7 Å². The van der Waals surface area contributed by atoms with E-state index in [0.29, 0.717) is 22.8 Å². The molecule has 0 atom stereocenters. The summed E-state index contributed by atoms with van der Waals surface area (Å²) in [4.78, 5) is 12.1. The van der Waals surface area contributed by atoms with E-state index in [4.69, 9.17) is 16.3 Å². The Morgan fingerprint density at radius 1 is 1.18 bits per heavy atom. The normalized spacial score (nSPS) is 11.1. The lowest BCUT2D eigenvalue weighted by Crippen LogP contribution is -2.19. The molecule has 114 valence electrons. The first-order valence-electron chi connectivity index (χ1n) is 6.91. The van der Waals surface area contributed by atoms with Gasteiger partial charge in [-0.05, 0) is 48.4 Å². The van der Waals surface area contributed by atoms with Gasteiger partial charge in [-0.25, -0.2) is 5.43 Å². The third-order valence-electron chi connectivity index (χ3n) is 3.14. The van der Waals surface area contributed by atoms with E-state index in [2.05, 4.69) is 10.5 Å². The predicted octanol–water partition coefficient (Wildman–Crippen LogP) is 3.89. The van der Waals surface area contributed by atoms with E-state index in [1.165, 1.54) is 0 Å². The molecule has 0 bridgehead atoms. The molecule has 1 N–H and O–H groups in total. The lowest BCUT2D eigenvalue weighted by atomic mass is 10.1. The highest BCUT2D eigenvalue weighted by Gasteiger charge is 2.06. The van der Waals surface area contributed by atoms with E-state index in [1.807, 2.05) is 25.1 Å². The van der Waals surface area contributed by atoms with Crippen LogP contribution in [-0.4, -0.2) is 18.7 Å². The topological polar surface area (TPSA) is 50.7 Å². The van der Waals surface area contributed by atoms with Crippen molar-refractivity contribution in [3.05, 3.63) is 64.7 Å². The van der Waals surface area contributed by atoms with Gasteiger partial charge in [-0.3, -0.25) is 4.79 Å². The van der Waals surface area contributed by atoms with Gasteiger partial charge in [0.1, 0.15) is 5.75 Å². The second kappa shape index (κ2) is 7.61. The zero-order valence-electron chi connectivity index (χ0n) is 12.5. The van der Waals surface area contributed by atoms with Crippen LogP contribution >= 0.6 is 11.6 Å². The summed E-state index contributed by atoms with van der Waals surface area (Å²) in [6.45, 7) is 1.97. The molecule has 5 heteroatoms. The number of nitrogens with one attached hydrogen (secondary N) is 1. The lowest BCUT2D eigenvalue weighted by Gasteiger charge is -2.06. The Kier molecular flexibility index (Phi) is 5.55. The molecule has 2 aromatic carbocycles. The van der Waals surface area contributed by atoms with Crippen molar-refractivity contribution >= 4 is 23.2 Å². The van der Waals surface area contributed by atoms with Gasteiger partial charge < -0.3 is 4.74 Å². The smallest absolute Gasteiger partial charge is 0.271 e. The minimum atomic E-state index is -0.268. The van der Waals surface area contributed by atoms with Crippen LogP contribution in [-0.2, 0) is 0 Å². The molecule has 0 radical (unpaired) electrons. The fourth-order valence-electron chi connectivity index (χ4n) is 1.94. The van der Waals surface area contributed by atoms with Crippen molar-refractivity contribution in [3.63, 3.8) is 0 Å². The molecule has 0 saturated carbocycles. The summed E-state index contributed by atoms with van der Waals surface area (Å²) in [6, 6.07) is 14.2. The van der Waals surface area contributed by atoms with Crippen LogP contribution in [0.5, 0.6) is 5.75 Å². The molecule has 2 aromatic rings. The summed E-state index contributed by atoms with van der Waals surface area (Å²) >= 11 is 5.98. The van der Waals surface area contributed by atoms with Crippen molar-refractivity contribution in [3.8, 4) is 5.75 Å². The summed E-state index contributed by atoms with van der Waals surface area (Å²) in [5.74, 6) is 0.434. The first kappa shape index (κ1) is 16.0. The molecule has 0 heterocycles. The summed E-state index contributed by atoms with van der Waals surface area (Å²) in [5.41, 5.74) is 4.75. The molecule has 0 unspecified atom stereocenters. The van der Waals surface area contributed by atoms with E-state index in [-0.39, 0.29) is 5.91 Å². The molecular weight excluding hydrogens is 300 g/mol. The van der Waals surface area contributed by atoms with Crippen molar-refractivity contribution in [2.24, 2.45) is 5.10 Å². The minimum absolute atomic E-state index is 0.268. The number of ether oxygens (including phenoxy) is 1. The van der Waals surface area contributed by atoms with E-state index in [0.717, 1.165) is 11.3 Å². The molecule has 0 fully saturated rings. The molecular formula is C17H17ClN2O2. The van der Waals surface area contributed by atoms with Gasteiger partial charge in [0.2, 0.25) is 0 Å². The Morgan fingerprint density at radius 2 is 1.91 bits per heavy atom. The second-order valence-electron chi connectivity index (χ2n) is 4.59. The zero-order valence-corrected chi connectivity index (χ0v) is 13.2. The van der Waals surface area contributed by atoms with Crippen LogP contribution in [0.2, 0.25) is 5.02 Å². The van der Waals surface area contributed by atoms with Crippen LogP contribution in [0.25, 0.3) is 0 Å². The van der Waals surface area contributed by atoms with Gasteiger partial charge in [0.25, 0.3) is 5.91 Å². The molecule has 4 nitrogen and oxygen atoms in total. The highest BCUT2D eigenvalue weighted by Crippen LogP contribution is 2.13. The number of carbonyl (C=O) groups excluding carboxylic acids is 1. The molecule has 0 aliphatic carbocycles. The summed E-state index contributed by atoms with van der Waals surface area (Å²) < 4.78 is 5.06. The number of rotatable bonds is 5. The number of hydrazone groups is 1. The molecule has 0 aliphatic heterocycles. The SMILES string of the molecule is CC/C(=N\NC(=O)c1ccc(OC)cc1)c1cccc(Cl)c1. The number of methoxy groups -OCH3 is 1. The third kappa shape index (κ3) is 4.09. The number of halogens is 1. The van der Waals surface area contributed by atoms with Gasteiger partial charge >= 0.3 is 0 Å². The zero-order chi connectivity index (χ0) is 15.9. The number of hydrogen-bond acceptors (Lipinski definition) is 3. The van der Waals surface area contributed by atoms with Gasteiger partial charge in [0, 0.05) is 10.6 Å². The first-order chi connectivity index (χ1) is 10.6. The predicted molar refractivity (Wildman–Crippen MR) is 88.7 cm³/mol. The van der Waals surface area contributed by atoms with E-state index >= 15 is 0 Å². The molecule has 0 aliphatic rings. The van der Waals surface area contributed by atoms with E-state index in [9.17, 15) is 4.79 Å². The molecule has 22 heavy (non-hydrogen) atoms. The van der Waals surface area contributed by atoms with E-state index < -0.39 is 0 Å². The van der Waals surface area contributed by atoms with Crippen molar-refractivity contribution in [1.29, 1.82) is 0 Å². The molecule has 1 amide bonds. The number of hydrogen-bond donors (Lipinski definition) is 1. The average Bonchev–Trinajstić information content (AvgIpc) is 2.55. The number of carbonyl (C=O) groups is 1. The maximum absolute atomic E-state index is 12.1. The van der Waals surface area contributed by atoms with Crippen molar-refractivity contribution in [1.82, 2.24) is 5.43 Å². The third-order valence-corrected chi connectivity index (χ3v) is 3.37. The van der Waals surface area contributed by atoms with Gasteiger partial charge in [-0.2, -0.15) is 5.10 Å². The summed E-state index contributed by atoms with van der Waals surface area (Å²) in [7, 11) is 1.58. The lowest BCUT2D eigenvalue weighted by molar-refractivity contribution is 0.0955. The largest absolute Gasteiger partial charge is 0.497 e. The van der Waals surface area contributed by atoms with Crippen LogP contribution in [0.15, 0.2) is 53.6 Å². The van der Waals surface area contributed by atoms with Crippen LogP contribution in [0.3, 0.4) is 0 Å². The van der Waals surface area contributed by atoms with E-state index in [1.54, 1.807) is 37.4 Å². The standard InChI is InChI=1S/C17H17ClN2O2/c1-3-16(13-5-4-6-14(18)11-13)19-20-17(21)12-7-9-15(22-2)10-8-12/h4-11H,3H2,1-2H3,(H,20,21)/b19-16+. The fourth-order valence-corrected chi connectivity index (χ4v) is 2.13. The van der Waals surface area contributed by atoms with Crippen LogP contribution in [0, 0.1) is 0 Å². The highest BCUT2D eigenvalue weighted by molar-refractivity contribution is 6.31. The minimum Gasteiger partial charge on any atom is -0.497 e. The van der Waals surface area contributed by atoms with Gasteiger partial charge in [0.15, 0.2) is 0 Å². The van der Waals surface area contributed by atoms with Crippen LogP contribution in [0.1, 0.15) is 29.3 Å². The van der Waals surface area contributed by atoms with Crippen LogP contribution < -0.4 is 10.2 Å². The fraction of sp³-hybridized carbons (Fsp3) is 0.176. The van der Waals surface area contributed by atoms with Gasteiger partial charge in [-0.15, -0.1) is 0 Å². The van der Waals surface area contributed by atoms with Crippen molar-refractivity contribution in [2.45, 2.75) is 13.3 Å². The Morgan fingerprint density at radius 3 is 2.50 bits per heavy atom. The Bertz CT molecular complexity index is 681. The molecule has 0 saturated heterocycles. The number of benzene rings is 2. The maximum atomic E-state index is 12.1. The van der Waals surface area contributed by atoms with Gasteiger partial charge in [0.05, 0.1) is 12.8 Å². The van der Waals surface area contributed by atoms with Crippen LogP contribution in [0.4, 0.5) is 0 Å².